The second kappa shape index (κ2) is 5.89. The van der Waals surface area contributed by atoms with Gasteiger partial charge in [0.1, 0.15) is 0 Å². The zero-order chi connectivity index (χ0) is 12.4. The maximum absolute atomic E-state index is 5.89. The molecule has 1 aliphatic heterocycles. The van der Waals surface area contributed by atoms with Gasteiger partial charge in [-0.15, -0.1) is 0 Å². The highest BCUT2D eigenvalue weighted by atomic mass is 16.5. The minimum atomic E-state index is 0.506. The molecule has 3 rings (SSSR count). The second-order valence-corrected chi connectivity index (χ2v) is 6.49. The van der Waals surface area contributed by atoms with Crippen molar-refractivity contribution in [3.63, 3.8) is 0 Å². The van der Waals surface area contributed by atoms with E-state index in [1.54, 1.807) is 0 Å². The summed E-state index contributed by atoms with van der Waals surface area (Å²) in [4.78, 5) is 2.77. The van der Waals surface area contributed by atoms with Gasteiger partial charge in [-0.1, -0.05) is 6.42 Å². The summed E-state index contributed by atoms with van der Waals surface area (Å²) < 4.78 is 5.89. The standard InChI is InChI=1S/C15H28N2O/c16-6-1-9-18-14-4-7-17(8-5-14)15-11-12-2-3-13(15)10-12/h12-15H,1-11,16H2. The van der Waals surface area contributed by atoms with Gasteiger partial charge < -0.3 is 10.5 Å². The van der Waals surface area contributed by atoms with Gasteiger partial charge in [-0.2, -0.15) is 0 Å². The molecule has 2 N–H and O–H groups in total. The van der Waals surface area contributed by atoms with Crippen LogP contribution in [-0.2, 0) is 4.74 Å². The number of nitrogens with two attached hydrogens (primary N) is 1. The number of likely N-dealkylation sites (tertiary alicyclic amines) is 1. The molecule has 0 aromatic carbocycles. The van der Waals surface area contributed by atoms with Gasteiger partial charge in [0.15, 0.2) is 0 Å². The van der Waals surface area contributed by atoms with Crippen molar-refractivity contribution >= 4 is 0 Å². The summed E-state index contributed by atoms with van der Waals surface area (Å²) >= 11 is 0. The molecular weight excluding hydrogens is 224 g/mol. The fourth-order valence-corrected chi connectivity index (χ4v) is 4.37. The average Bonchev–Trinajstić information content (AvgIpc) is 3.02. The second-order valence-electron chi connectivity index (χ2n) is 6.49. The van der Waals surface area contributed by atoms with E-state index in [2.05, 4.69) is 4.90 Å². The van der Waals surface area contributed by atoms with Crippen LogP contribution in [0, 0.1) is 11.8 Å². The van der Waals surface area contributed by atoms with Crippen molar-refractivity contribution in [3.8, 4) is 0 Å². The van der Waals surface area contributed by atoms with Gasteiger partial charge in [0.25, 0.3) is 0 Å². The third kappa shape index (κ3) is 2.73. The van der Waals surface area contributed by atoms with Gasteiger partial charge in [-0.05, 0) is 56.9 Å². The normalized spacial score (nSPS) is 37.5. The fourth-order valence-electron chi connectivity index (χ4n) is 4.37. The Hall–Kier alpha value is -0.120. The van der Waals surface area contributed by atoms with E-state index in [0.29, 0.717) is 6.10 Å². The smallest absolute Gasteiger partial charge is 0.0599 e. The van der Waals surface area contributed by atoms with Gasteiger partial charge in [-0.3, -0.25) is 4.90 Å². The predicted octanol–water partition coefficient (Wildman–Crippen LogP) is 2.00. The van der Waals surface area contributed by atoms with Gasteiger partial charge in [0.2, 0.25) is 0 Å². The van der Waals surface area contributed by atoms with E-state index in [0.717, 1.165) is 37.5 Å². The van der Waals surface area contributed by atoms with E-state index in [1.807, 2.05) is 0 Å². The fraction of sp³-hybridized carbons (Fsp3) is 1.00. The summed E-state index contributed by atoms with van der Waals surface area (Å²) in [6.45, 7) is 4.14. The van der Waals surface area contributed by atoms with E-state index in [9.17, 15) is 0 Å². The molecule has 0 aromatic heterocycles. The quantitative estimate of drug-likeness (QED) is 0.761. The Labute approximate surface area is 111 Å². The van der Waals surface area contributed by atoms with E-state index in [-0.39, 0.29) is 0 Å². The highest BCUT2D eigenvalue weighted by Gasteiger charge is 2.42. The van der Waals surface area contributed by atoms with Crippen molar-refractivity contribution in [2.75, 3.05) is 26.2 Å². The van der Waals surface area contributed by atoms with Crippen molar-refractivity contribution in [2.24, 2.45) is 17.6 Å². The number of hydrogen-bond donors (Lipinski definition) is 1. The molecule has 3 heteroatoms. The number of ether oxygens (including phenoxy) is 1. The third-order valence-corrected chi connectivity index (χ3v) is 5.35. The number of hydrogen-bond acceptors (Lipinski definition) is 3. The van der Waals surface area contributed by atoms with E-state index in [1.165, 1.54) is 51.6 Å². The Morgan fingerprint density at radius 1 is 1.06 bits per heavy atom. The molecule has 3 unspecified atom stereocenters. The Kier molecular flexibility index (Phi) is 4.22. The summed E-state index contributed by atoms with van der Waals surface area (Å²) in [5.41, 5.74) is 5.50. The van der Waals surface area contributed by atoms with Crippen LogP contribution in [0.3, 0.4) is 0 Å². The van der Waals surface area contributed by atoms with Crippen LogP contribution in [0.4, 0.5) is 0 Å². The molecular formula is C15H28N2O. The van der Waals surface area contributed by atoms with Crippen molar-refractivity contribution in [3.05, 3.63) is 0 Å². The van der Waals surface area contributed by atoms with E-state index >= 15 is 0 Å². The number of piperidine rings is 1. The molecule has 0 radical (unpaired) electrons. The molecule has 3 fully saturated rings. The number of rotatable bonds is 5. The van der Waals surface area contributed by atoms with Gasteiger partial charge in [-0.25, -0.2) is 0 Å². The first kappa shape index (κ1) is 12.9. The lowest BCUT2D eigenvalue weighted by atomic mass is 9.92. The minimum absolute atomic E-state index is 0.506. The summed E-state index contributed by atoms with van der Waals surface area (Å²) in [6, 6.07) is 0.925. The first-order valence-electron chi connectivity index (χ1n) is 7.92. The maximum Gasteiger partial charge on any atom is 0.0599 e. The molecule has 2 bridgehead atoms. The van der Waals surface area contributed by atoms with Crippen molar-refractivity contribution in [1.29, 1.82) is 0 Å². The monoisotopic (exact) mass is 252 g/mol. The molecule has 18 heavy (non-hydrogen) atoms. The van der Waals surface area contributed by atoms with Crippen LogP contribution < -0.4 is 5.73 Å². The SMILES string of the molecule is NCCCOC1CCN(C2CC3CCC2C3)CC1. The zero-order valence-electron chi connectivity index (χ0n) is 11.5. The highest BCUT2D eigenvalue weighted by Crippen LogP contribution is 2.47. The molecule has 0 aromatic rings. The summed E-state index contributed by atoms with van der Waals surface area (Å²) in [5, 5.41) is 0. The van der Waals surface area contributed by atoms with Crippen LogP contribution in [0.15, 0.2) is 0 Å². The molecule has 3 aliphatic rings. The predicted molar refractivity (Wildman–Crippen MR) is 73.5 cm³/mol. The van der Waals surface area contributed by atoms with Crippen LogP contribution in [0.2, 0.25) is 0 Å². The van der Waals surface area contributed by atoms with Crippen LogP contribution in [0.25, 0.3) is 0 Å². The maximum atomic E-state index is 5.89. The van der Waals surface area contributed by atoms with E-state index in [4.69, 9.17) is 10.5 Å². The van der Waals surface area contributed by atoms with Gasteiger partial charge in [0, 0.05) is 25.7 Å². The van der Waals surface area contributed by atoms with Crippen LogP contribution in [0.1, 0.15) is 44.9 Å². The Bertz CT molecular complexity index is 263. The van der Waals surface area contributed by atoms with Gasteiger partial charge in [0.05, 0.1) is 6.10 Å². The Morgan fingerprint density at radius 3 is 2.50 bits per heavy atom. The summed E-state index contributed by atoms with van der Waals surface area (Å²) in [6.07, 6.45) is 10.0. The molecule has 104 valence electrons. The number of nitrogens with zero attached hydrogens (tertiary/aromatic N) is 1. The minimum Gasteiger partial charge on any atom is -0.378 e. The summed E-state index contributed by atoms with van der Waals surface area (Å²) in [7, 11) is 0. The summed E-state index contributed by atoms with van der Waals surface area (Å²) in [5.74, 6) is 2.10. The largest absolute Gasteiger partial charge is 0.378 e. The first-order chi connectivity index (χ1) is 8.86. The molecule has 1 heterocycles. The lowest BCUT2D eigenvalue weighted by molar-refractivity contribution is -0.00840. The molecule has 0 spiro atoms. The molecule has 3 nitrogen and oxygen atoms in total. The third-order valence-electron chi connectivity index (χ3n) is 5.35. The Morgan fingerprint density at radius 2 is 1.89 bits per heavy atom. The van der Waals surface area contributed by atoms with Crippen molar-refractivity contribution in [2.45, 2.75) is 57.1 Å². The van der Waals surface area contributed by atoms with Crippen LogP contribution >= 0.6 is 0 Å². The average molecular weight is 252 g/mol. The topological polar surface area (TPSA) is 38.5 Å². The van der Waals surface area contributed by atoms with E-state index < -0.39 is 0 Å². The van der Waals surface area contributed by atoms with Gasteiger partial charge >= 0.3 is 0 Å². The lowest BCUT2D eigenvalue weighted by Crippen LogP contribution is -2.45. The van der Waals surface area contributed by atoms with Crippen molar-refractivity contribution < 1.29 is 4.74 Å². The molecule has 0 amide bonds. The molecule has 2 saturated carbocycles. The number of fused-ring (bicyclic) bond motifs is 2. The molecule has 2 aliphatic carbocycles. The lowest BCUT2D eigenvalue weighted by Gasteiger charge is -2.39. The first-order valence-corrected chi connectivity index (χ1v) is 7.92. The zero-order valence-corrected chi connectivity index (χ0v) is 11.5. The van der Waals surface area contributed by atoms with Crippen LogP contribution in [-0.4, -0.2) is 43.3 Å². The van der Waals surface area contributed by atoms with Crippen LogP contribution in [0.5, 0.6) is 0 Å². The van der Waals surface area contributed by atoms with Crippen molar-refractivity contribution in [1.82, 2.24) is 4.90 Å². The molecule has 1 saturated heterocycles. The highest BCUT2D eigenvalue weighted by molar-refractivity contribution is 4.96. The Balaban J connectivity index is 1.40. The molecule has 3 atom stereocenters.